The van der Waals surface area contributed by atoms with Crippen LogP contribution in [0.15, 0.2) is 18.2 Å². The fourth-order valence-electron chi connectivity index (χ4n) is 3.52. The highest BCUT2D eigenvalue weighted by Gasteiger charge is 2.28. The van der Waals surface area contributed by atoms with Gasteiger partial charge in [0.05, 0.1) is 12.2 Å². The average molecular weight is 450 g/mol. The maximum Gasteiger partial charge on any atom is 0.341 e. The van der Waals surface area contributed by atoms with Crippen LogP contribution in [-0.4, -0.2) is 24.6 Å². The third-order valence-corrected chi connectivity index (χ3v) is 6.55. The van der Waals surface area contributed by atoms with Crippen molar-refractivity contribution in [2.24, 2.45) is 0 Å². The third-order valence-electron chi connectivity index (χ3n) is 5.11. The van der Waals surface area contributed by atoms with Gasteiger partial charge in [-0.1, -0.05) is 24.9 Å². The molecule has 1 unspecified atom stereocenters. The number of halogens is 1. The van der Waals surface area contributed by atoms with Crippen LogP contribution in [0.1, 0.15) is 65.9 Å². The highest BCUT2D eigenvalue weighted by Crippen LogP contribution is 2.38. The molecule has 1 aliphatic rings. The molecule has 1 aromatic heterocycles. The van der Waals surface area contributed by atoms with Gasteiger partial charge >= 0.3 is 5.97 Å². The van der Waals surface area contributed by atoms with E-state index in [1.807, 2.05) is 13.8 Å². The van der Waals surface area contributed by atoms with E-state index in [0.29, 0.717) is 27.9 Å². The summed E-state index contributed by atoms with van der Waals surface area (Å²) in [6.07, 6.45) is 5.09. The number of esters is 1. The van der Waals surface area contributed by atoms with Crippen molar-refractivity contribution in [3.63, 3.8) is 0 Å². The second kappa shape index (κ2) is 10.3. The minimum Gasteiger partial charge on any atom is -0.481 e. The Balaban J connectivity index is 1.80. The van der Waals surface area contributed by atoms with Crippen molar-refractivity contribution in [2.75, 3.05) is 11.9 Å². The van der Waals surface area contributed by atoms with Gasteiger partial charge in [-0.25, -0.2) is 4.79 Å². The van der Waals surface area contributed by atoms with E-state index in [1.165, 1.54) is 16.2 Å². The molecular formula is C23H28ClNO4S. The van der Waals surface area contributed by atoms with E-state index in [4.69, 9.17) is 21.1 Å². The first-order valence-corrected chi connectivity index (χ1v) is 11.7. The zero-order valence-corrected chi connectivity index (χ0v) is 19.3. The number of aryl methyl sites for hydroxylation is 2. The number of nitrogens with one attached hydrogen (secondary N) is 1. The zero-order valence-electron chi connectivity index (χ0n) is 17.7. The summed E-state index contributed by atoms with van der Waals surface area (Å²) in [5, 5.41) is 4.11. The molecule has 30 heavy (non-hydrogen) atoms. The second-order valence-electron chi connectivity index (χ2n) is 7.56. The monoisotopic (exact) mass is 449 g/mol. The molecule has 1 atom stereocenters. The van der Waals surface area contributed by atoms with Gasteiger partial charge in [-0.2, -0.15) is 0 Å². The van der Waals surface area contributed by atoms with Crippen LogP contribution >= 0.6 is 22.9 Å². The Morgan fingerprint density at radius 3 is 2.73 bits per heavy atom. The molecule has 0 spiro atoms. The van der Waals surface area contributed by atoms with Gasteiger partial charge in [-0.05, 0) is 75.3 Å². The van der Waals surface area contributed by atoms with Crippen molar-refractivity contribution < 1.29 is 19.1 Å². The van der Waals surface area contributed by atoms with Gasteiger partial charge in [0, 0.05) is 9.90 Å². The second-order valence-corrected chi connectivity index (χ2v) is 9.11. The number of ether oxygens (including phenoxy) is 2. The number of hydrogen-bond acceptors (Lipinski definition) is 5. The van der Waals surface area contributed by atoms with Crippen LogP contribution in [0.2, 0.25) is 5.02 Å². The largest absolute Gasteiger partial charge is 0.481 e. The Morgan fingerprint density at radius 1 is 1.23 bits per heavy atom. The summed E-state index contributed by atoms with van der Waals surface area (Å²) in [6.45, 7) is 5.90. The number of anilines is 1. The molecule has 1 N–H and O–H groups in total. The highest BCUT2D eigenvalue weighted by molar-refractivity contribution is 7.17. The maximum absolute atomic E-state index is 12.9. The number of amides is 1. The minimum atomic E-state index is -0.730. The van der Waals surface area contributed by atoms with Crippen LogP contribution in [0.3, 0.4) is 0 Å². The highest BCUT2D eigenvalue weighted by atomic mass is 35.5. The quantitative estimate of drug-likeness (QED) is 0.419. The van der Waals surface area contributed by atoms with Gasteiger partial charge in [0.1, 0.15) is 10.8 Å². The summed E-state index contributed by atoms with van der Waals surface area (Å²) in [5.74, 6) is -0.0504. The van der Waals surface area contributed by atoms with Crippen LogP contribution in [0, 0.1) is 6.92 Å². The number of carbonyl (C=O) groups excluding carboxylic acids is 2. The topological polar surface area (TPSA) is 64.6 Å². The van der Waals surface area contributed by atoms with Gasteiger partial charge in [0.15, 0.2) is 6.10 Å². The van der Waals surface area contributed by atoms with E-state index in [0.717, 1.165) is 49.7 Å². The molecule has 162 valence electrons. The molecule has 0 saturated heterocycles. The van der Waals surface area contributed by atoms with Crippen molar-refractivity contribution in [2.45, 2.75) is 65.4 Å². The molecule has 0 saturated carbocycles. The van der Waals surface area contributed by atoms with Crippen molar-refractivity contribution in [1.82, 2.24) is 0 Å². The van der Waals surface area contributed by atoms with Gasteiger partial charge < -0.3 is 14.8 Å². The van der Waals surface area contributed by atoms with Gasteiger partial charge in [0.25, 0.3) is 5.91 Å². The molecule has 0 aliphatic heterocycles. The Bertz CT molecular complexity index is 924. The molecule has 0 fully saturated rings. The number of rotatable bonds is 7. The van der Waals surface area contributed by atoms with E-state index in [1.54, 1.807) is 25.1 Å². The molecule has 7 heteroatoms. The van der Waals surface area contributed by atoms with Gasteiger partial charge in [-0.3, -0.25) is 4.79 Å². The van der Waals surface area contributed by atoms with Crippen LogP contribution in [0.4, 0.5) is 5.00 Å². The van der Waals surface area contributed by atoms with Crippen molar-refractivity contribution in [3.8, 4) is 5.75 Å². The van der Waals surface area contributed by atoms with E-state index in [-0.39, 0.29) is 11.9 Å². The molecule has 1 heterocycles. The summed E-state index contributed by atoms with van der Waals surface area (Å²) in [5.41, 5.74) is 2.42. The smallest absolute Gasteiger partial charge is 0.341 e. The Labute approximate surface area is 186 Å². The van der Waals surface area contributed by atoms with Crippen molar-refractivity contribution in [1.29, 1.82) is 0 Å². The summed E-state index contributed by atoms with van der Waals surface area (Å²) in [6, 6.07) is 5.27. The Hall–Kier alpha value is -2.05. The summed E-state index contributed by atoms with van der Waals surface area (Å²) >= 11 is 7.48. The number of fused-ring (bicyclic) bond motifs is 1. The molecule has 2 aromatic rings. The number of thiophene rings is 1. The number of hydrogen-bond donors (Lipinski definition) is 1. The van der Waals surface area contributed by atoms with Crippen LogP contribution < -0.4 is 10.1 Å². The third kappa shape index (κ3) is 5.35. The Kier molecular flexibility index (Phi) is 7.78. The summed E-state index contributed by atoms with van der Waals surface area (Å²) < 4.78 is 11.3. The fraction of sp³-hybridized carbons (Fsp3) is 0.478. The lowest BCUT2D eigenvalue weighted by molar-refractivity contribution is -0.122. The summed E-state index contributed by atoms with van der Waals surface area (Å²) in [7, 11) is 0. The Morgan fingerprint density at radius 2 is 2.00 bits per heavy atom. The number of benzene rings is 1. The molecular weight excluding hydrogens is 422 g/mol. The van der Waals surface area contributed by atoms with E-state index in [9.17, 15) is 9.59 Å². The van der Waals surface area contributed by atoms with Crippen molar-refractivity contribution in [3.05, 3.63) is 44.8 Å². The maximum atomic E-state index is 12.9. The number of carbonyl (C=O) groups is 2. The van der Waals surface area contributed by atoms with E-state index < -0.39 is 6.10 Å². The van der Waals surface area contributed by atoms with E-state index in [2.05, 4.69) is 5.32 Å². The predicted molar refractivity (Wildman–Crippen MR) is 121 cm³/mol. The first-order valence-electron chi connectivity index (χ1n) is 10.5. The zero-order chi connectivity index (χ0) is 21.7. The first-order chi connectivity index (χ1) is 14.4. The fourth-order valence-corrected chi connectivity index (χ4v) is 5.02. The average Bonchev–Trinajstić information content (AvgIpc) is 2.88. The lowest BCUT2D eigenvalue weighted by Crippen LogP contribution is -2.30. The molecule has 1 amide bonds. The molecule has 0 radical (unpaired) electrons. The van der Waals surface area contributed by atoms with Gasteiger partial charge in [-0.15, -0.1) is 11.3 Å². The molecule has 0 bridgehead atoms. The van der Waals surface area contributed by atoms with Gasteiger partial charge in [0.2, 0.25) is 0 Å². The van der Waals surface area contributed by atoms with Crippen molar-refractivity contribution >= 4 is 39.8 Å². The normalized spacial score (nSPS) is 14.4. The molecule has 3 rings (SSSR count). The molecule has 1 aliphatic carbocycles. The lowest BCUT2D eigenvalue weighted by atomic mass is 10.1. The predicted octanol–water partition coefficient (Wildman–Crippen LogP) is 5.95. The summed E-state index contributed by atoms with van der Waals surface area (Å²) in [4.78, 5) is 26.8. The SMILES string of the molecule is CCCOC(=O)c1c(NC(=O)C(C)Oc2ccc(Cl)cc2C)sc2c1CCCCC2. The molecule has 5 nitrogen and oxygen atoms in total. The van der Waals surface area contributed by atoms with E-state index >= 15 is 0 Å². The van der Waals surface area contributed by atoms with Crippen LogP contribution in [-0.2, 0) is 22.4 Å². The standard InChI is InChI=1S/C23H28ClNO4S/c1-4-12-28-23(27)20-17-8-6-5-7-9-19(17)30-22(20)25-21(26)15(3)29-18-11-10-16(24)13-14(18)2/h10-11,13,15H,4-9,12H2,1-3H3,(H,25,26). The minimum absolute atomic E-state index is 0.301. The first kappa shape index (κ1) is 22.6. The van der Waals surface area contributed by atoms with Crippen LogP contribution in [0.25, 0.3) is 0 Å². The lowest BCUT2D eigenvalue weighted by Gasteiger charge is -2.16. The van der Waals surface area contributed by atoms with Crippen LogP contribution in [0.5, 0.6) is 5.75 Å². The molecule has 1 aromatic carbocycles.